The fraction of sp³-hybridized carbons (Fsp3) is 0.769. The van der Waals surface area contributed by atoms with Crippen molar-refractivity contribution in [2.45, 2.75) is 39.3 Å². The monoisotopic (exact) mass is 253 g/mol. The minimum atomic E-state index is 0.506. The average molecular weight is 253 g/mol. The van der Waals surface area contributed by atoms with Crippen molar-refractivity contribution in [1.82, 2.24) is 14.9 Å². The van der Waals surface area contributed by atoms with Gasteiger partial charge in [-0.1, -0.05) is 6.92 Å². The van der Waals surface area contributed by atoms with Crippen molar-refractivity contribution < 1.29 is 0 Å². The second-order valence-corrected chi connectivity index (χ2v) is 6.50. The molecule has 0 amide bonds. The molecule has 0 spiro atoms. The van der Waals surface area contributed by atoms with E-state index >= 15 is 0 Å². The zero-order valence-electron chi connectivity index (χ0n) is 10.9. The summed E-state index contributed by atoms with van der Waals surface area (Å²) in [5.74, 6) is 2.43. The second-order valence-electron chi connectivity index (χ2n) is 5.18. The van der Waals surface area contributed by atoms with E-state index in [1.807, 2.05) is 24.3 Å². The summed E-state index contributed by atoms with van der Waals surface area (Å²) < 4.78 is 2.21. The lowest BCUT2D eigenvalue weighted by atomic mass is 10.1. The number of hydrogen-bond acceptors (Lipinski definition) is 3. The van der Waals surface area contributed by atoms with Crippen LogP contribution in [0.15, 0.2) is 18.7 Å². The van der Waals surface area contributed by atoms with E-state index in [-0.39, 0.29) is 0 Å². The molecular weight excluding hydrogens is 230 g/mol. The first-order chi connectivity index (χ1) is 8.24. The zero-order valence-corrected chi connectivity index (χ0v) is 11.7. The van der Waals surface area contributed by atoms with Crippen molar-refractivity contribution in [2.24, 2.45) is 5.41 Å². The van der Waals surface area contributed by atoms with E-state index in [0.29, 0.717) is 11.5 Å². The minimum absolute atomic E-state index is 0.506. The number of hydrogen-bond donors (Lipinski definition) is 1. The van der Waals surface area contributed by atoms with Gasteiger partial charge < -0.3 is 9.88 Å². The van der Waals surface area contributed by atoms with Gasteiger partial charge in [-0.2, -0.15) is 11.8 Å². The number of rotatable bonds is 8. The van der Waals surface area contributed by atoms with Crippen molar-refractivity contribution in [1.29, 1.82) is 0 Å². The van der Waals surface area contributed by atoms with E-state index in [9.17, 15) is 0 Å². The number of nitrogens with one attached hydrogen (secondary N) is 1. The van der Waals surface area contributed by atoms with Crippen LogP contribution in [0.2, 0.25) is 0 Å². The van der Waals surface area contributed by atoms with Gasteiger partial charge in [0.05, 0.1) is 6.33 Å². The smallest absolute Gasteiger partial charge is 0.0946 e. The maximum atomic E-state index is 4.11. The number of aromatic nitrogens is 2. The fourth-order valence-corrected chi connectivity index (χ4v) is 2.79. The molecule has 1 fully saturated rings. The summed E-state index contributed by atoms with van der Waals surface area (Å²) in [5.41, 5.74) is 0.506. The molecule has 0 bridgehead atoms. The largest absolute Gasteiger partial charge is 0.337 e. The normalized spacial score (nSPS) is 19.2. The van der Waals surface area contributed by atoms with E-state index < -0.39 is 0 Å². The first-order valence-corrected chi connectivity index (χ1v) is 7.66. The molecule has 0 aliphatic heterocycles. The molecule has 0 saturated heterocycles. The standard InChI is InChI=1S/C13H23N3S/c1-3-17-8-12(2)15-9-13(4-5-13)10-16-7-6-14-11-16/h6-7,11-12,15H,3-5,8-10H2,1-2H3/t12-/m0/s1. The maximum Gasteiger partial charge on any atom is 0.0946 e. The van der Waals surface area contributed by atoms with Crippen LogP contribution < -0.4 is 5.32 Å². The van der Waals surface area contributed by atoms with Gasteiger partial charge in [0.1, 0.15) is 0 Å². The predicted molar refractivity (Wildman–Crippen MR) is 74.4 cm³/mol. The zero-order chi connectivity index (χ0) is 12.1. The minimum Gasteiger partial charge on any atom is -0.337 e. The Bertz CT molecular complexity index is 319. The van der Waals surface area contributed by atoms with Gasteiger partial charge in [0.25, 0.3) is 0 Å². The fourth-order valence-electron chi connectivity index (χ4n) is 2.08. The van der Waals surface area contributed by atoms with Crippen molar-refractivity contribution in [3.63, 3.8) is 0 Å². The molecular formula is C13H23N3S. The molecule has 1 aliphatic carbocycles. The van der Waals surface area contributed by atoms with E-state index in [1.165, 1.54) is 24.3 Å². The topological polar surface area (TPSA) is 29.9 Å². The number of nitrogens with zero attached hydrogens (tertiary/aromatic N) is 2. The van der Waals surface area contributed by atoms with E-state index in [1.54, 1.807) is 0 Å². The summed E-state index contributed by atoms with van der Waals surface area (Å²) in [5, 5.41) is 3.68. The highest BCUT2D eigenvalue weighted by atomic mass is 32.2. The van der Waals surface area contributed by atoms with E-state index in [0.717, 1.165) is 13.1 Å². The third kappa shape index (κ3) is 4.03. The van der Waals surface area contributed by atoms with Gasteiger partial charge in [-0.05, 0) is 25.5 Å². The SMILES string of the molecule is CCSC[C@H](C)NCC1(Cn2ccnc2)CC1. The molecule has 3 nitrogen and oxygen atoms in total. The van der Waals surface area contributed by atoms with Crippen molar-refractivity contribution >= 4 is 11.8 Å². The maximum absolute atomic E-state index is 4.11. The van der Waals surface area contributed by atoms with Gasteiger partial charge >= 0.3 is 0 Å². The Balaban J connectivity index is 1.71. The molecule has 4 heteroatoms. The Labute approximate surface area is 108 Å². The Morgan fingerprint density at radius 3 is 2.94 bits per heavy atom. The molecule has 0 radical (unpaired) electrons. The first kappa shape index (κ1) is 13.0. The quantitative estimate of drug-likeness (QED) is 0.771. The highest BCUT2D eigenvalue weighted by molar-refractivity contribution is 7.99. The Morgan fingerprint density at radius 1 is 1.53 bits per heavy atom. The summed E-state index contributed by atoms with van der Waals surface area (Å²) >= 11 is 2.01. The average Bonchev–Trinajstić information content (AvgIpc) is 2.89. The van der Waals surface area contributed by atoms with Gasteiger partial charge in [0, 0.05) is 42.7 Å². The van der Waals surface area contributed by atoms with Crippen LogP contribution in [0.1, 0.15) is 26.7 Å². The molecule has 0 unspecified atom stereocenters. The Hall–Kier alpha value is -0.480. The van der Waals surface area contributed by atoms with E-state index in [4.69, 9.17) is 0 Å². The third-order valence-electron chi connectivity index (χ3n) is 3.43. The molecule has 1 atom stereocenters. The second kappa shape index (κ2) is 5.91. The molecule has 1 aromatic heterocycles. The van der Waals surface area contributed by atoms with Gasteiger partial charge in [-0.15, -0.1) is 0 Å². The lowest BCUT2D eigenvalue weighted by Crippen LogP contribution is -2.35. The molecule has 2 rings (SSSR count). The van der Waals surface area contributed by atoms with Crippen LogP contribution in [0.4, 0.5) is 0 Å². The summed E-state index contributed by atoms with van der Waals surface area (Å²) in [7, 11) is 0. The van der Waals surface area contributed by atoms with Crippen LogP contribution in [0.5, 0.6) is 0 Å². The molecule has 0 aromatic carbocycles. The molecule has 1 saturated carbocycles. The molecule has 1 aromatic rings. The van der Waals surface area contributed by atoms with Crippen LogP contribution in [0.25, 0.3) is 0 Å². The van der Waals surface area contributed by atoms with Crippen LogP contribution in [0, 0.1) is 5.41 Å². The van der Waals surface area contributed by atoms with Gasteiger partial charge in [0.15, 0.2) is 0 Å². The highest BCUT2D eigenvalue weighted by Crippen LogP contribution is 2.46. The van der Waals surface area contributed by atoms with E-state index in [2.05, 4.69) is 34.9 Å². The predicted octanol–water partition coefficient (Wildman–Crippen LogP) is 2.39. The molecule has 1 N–H and O–H groups in total. The van der Waals surface area contributed by atoms with Crippen LogP contribution in [0.3, 0.4) is 0 Å². The lowest BCUT2D eigenvalue weighted by molar-refractivity contribution is 0.379. The third-order valence-corrected chi connectivity index (χ3v) is 4.58. The van der Waals surface area contributed by atoms with Crippen molar-refractivity contribution in [3.05, 3.63) is 18.7 Å². The van der Waals surface area contributed by atoms with Crippen molar-refractivity contribution in [3.8, 4) is 0 Å². The van der Waals surface area contributed by atoms with Crippen molar-refractivity contribution in [2.75, 3.05) is 18.1 Å². The van der Waals surface area contributed by atoms with Gasteiger partial charge in [-0.25, -0.2) is 4.98 Å². The van der Waals surface area contributed by atoms with Gasteiger partial charge in [0.2, 0.25) is 0 Å². The van der Waals surface area contributed by atoms with Gasteiger partial charge in [-0.3, -0.25) is 0 Å². The summed E-state index contributed by atoms with van der Waals surface area (Å²) in [6.07, 6.45) is 8.56. The summed E-state index contributed by atoms with van der Waals surface area (Å²) in [6, 6.07) is 0.625. The number of imidazole rings is 1. The molecule has 1 heterocycles. The summed E-state index contributed by atoms with van der Waals surface area (Å²) in [4.78, 5) is 4.11. The Morgan fingerprint density at radius 2 is 2.35 bits per heavy atom. The molecule has 96 valence electrons. The lowest BCUT2D eigenvalue weighted by Gasteiger charge is -2.20. The van der Waals surface area contributed by atoms with Crippen LogP contribution >= 0.6 is 11.8 Å². The summed E-state index contributed by atoms with van der Waals surface area (Å²) in [6.45, 7) is 6.78. The Kier molecular flexibility index (Phi) is 4.51. The molecule has 1 aliphatic rings. The number of thioether (sulfide) groups is 1. The molecule has 17 heavy (non-hydrogen) atoms. The first-order valence-electron chi connectivity index (χ1n) is 6.51. The highest BCUT2D eigenvalue weighted by Gasteiger charge is 2.42. The van der Waals surface area contributed by atoms with Crippen LogP contribution in [-0.4, -0.2) is 33.6 Å². The van der Waals surface area contributed by atoms with Crippen LogP contribution in [-0.2, 0) is 6.54 Å².